The fraction of sp³-hybridized carbons (Fsp3) is 0. The Morgan fingerprint density at radius 3 is 2.35 bits per heavy atom. The van der Waals surface area contributed by atoms with E-state index in [0.717, 1.165) is 5.39 Å². The fourth-order valence-corrected chi connectivity index (χ4v) is 2.18. The predicted molar refractivity (Wildman–Crippen MR) is 62.9 cm³/mol. The van der Waals surface area contributed by atoms with Crippen molar-refractivity contribution in [2.75, 3.05) is 0 Å². The number of allylic oxidation sites excluding steroid dienone is 1. The number of Topliss-reactive ketones (excluding diaryl/α,β-unsaturated/α-hetero) is 1. The molecular weight excluding hydrogens is 216 g/mol. The minimum Gasteiger partial charge on any atom is -0.501 e. The van der Waals surface area contributed by atoms with Crippen LogP contribution in [0.3, 0.4) is 0 Å². The van der Waals surface area contributed by atoms with Crippen LogP contribution in [0.5, 0.6) is 0 Å². The summed E-state index contributed by atoms with van der Waals surface area (Å²) in [6.07, 6.45) is 0. The minimum atomic E-state index is -0.464. The fourth-order valence-electron chi connectivity index (χ4n) is 2.18. The maximum atomic E-state index is 12.0. The Morgan fingerprint density at radius 1 is 1.06 bits per heavy atom. The van der Waals surface area contributed by atoms with E-state index in [1.165, 1.54) is 0 Å². The van der Waals surface area contributed by atoms with Crippen LogP contribution in [0.2, 0.25) is 0 Å². The van der Waals surface area contributed by atoms with Gasteiger partial charge in [-0.05, 0) is 5.39 Å². The Bertz CT molecular complexity index is 733. The number of hydrogen-bond donors (Lipinski definition) is 1. The van der Waals surface area contributed by atoms with Gasteiger partial charge in [-0.1, -0.05) is 36.4 Å². The highest BCUT2D eigenvalue weighted by Gasteiger charge is 2.37. The van der Waals surface area contributed by atoms with Gasteiger partial charge in [-0.15, -0.1) is 0 Å². The molecule has 0 aromatic heterocycles. The van der Waals surface area contributed by atoms with Gasteiger partial charge in [-0.25, -0.2) is 0 Å². The Morgan fingerprint density at radius 2 is 1.71 bits per heavy atom. The average molecular weight is 223 g/mol. The highest BCUT2D eigenvalue weighted by Crippen LogP contribution is 2.35. The molecule has 4 nitrogen and oxygen atoms in total. The van der Waals surface area contributed by atoms with E-state index in [1.54, 1.807) is 24.3 Å². The zero-order valence-electron chi connectivity index (χ0n) is 8.71. The van der Waals surface area contributed by atoms with Crippen LogP contribution in [0.4, 0.5) is 0 Å². The molecule has 4 heteroatoms. The molecule has 17 heavy (non-hydrogen) atoms. The van der Waals surface area contributed by atoms with Gasteiger partial charge in [-0.3, -0.25) is 4.79 Å². The SMILES string of the molecule is N#[N+]C1=C(O)c2cccc3cccc(c23)C1=O. The summed E-state index contributed by atoms with van der Waals surface area (Å²) in [5, 5.41) is 20.3. The monoisotopic (exact) mass is 223 g/mol. The summed E-state index contributed by atoms with van der Waals surface area (Å²) < 4.78 is 0. The summed E-state index contributed by atoms with van der Waals surface area (Å²) in [5.74, 6) is -0.740. The van der Waals surface area contributed by atoms with Gasteiger partial charge in [0.1, 0.15) is 0 Å². The number of aliphatic hydroxyl groups is 1. The molecule has 2 aromatic rings. The van der Waals surface area contributed by atoms with Crippen molar-refractivity contribution in [3.8, 4) is 0 Å². The zero-order chi connectivity index (χ0) is 12.0. The largest absolute Gasteiger partial charge is 0.501 e. The van der Waals surface area contributed by atoms with E-state index in [0.29, 0.717) is 16.5 Å². The van der Waals surface area contributed by atoms with Crippen LogP contribution in [0.1, 0.15) is 15.9 Å². The van der Waals surface area contributed by atoms with E-state index in [1.807, 2.05) is 12.1 Å². The number of aliphatic hydroxyl groups excluding tert-OH is 1. The second-order valence-electron chi connectivity index (χ2n) is 3.84. The maximum Gasteiger partial charge on any atom is 0.473 e. The van der Waals surface area contributed by atoms with Crippen molar-refractivity contribution < 1.29 is 9.90 Å². The topological polar surface area (TPSA) is 65.4 Å². The molecule has 0 fully saturated rings. The number of carbonyl (C=O) groups excluding carboxylic acids is 1. The molecule has 0 saturated carbocycles. The Kier molecular flexibility index (Phi) is 1.77. The van der Waals surface area contributed by atoms with Crippen LogP contribution in [0.15, 0.2) is 42.1 Å². The molecule has 0 bridgehead atoms. The lowest BCUT2D eigenvalue weighted by atomic mass is 9.89. The number of benzene rings is 2. The molecule has 0 spiro atoms. The number of diazo groups is 1. The van der Waals surface area contributed by atoms with Gasteiger partial charge in [0.05, 0.1) is 0 Å². The van der Waals surface area contributed by atoms with E-state index in [-0.39, 0.29) is 11.5 Å². The van der Waals surface area contributed by atoms with E-state index in [2.05, 4.69) is 4.98 Å². The molecule has 0 aliphatic heterocycles. The van der Waals surface area contributed by atoms with Gasteiger partial charge >= 0.3 is 5.70 Å². The summed E-state index contributed by atoms with van der Waals surface area (Å²) in [5.41, 5.74) is 0.658. The van der Waals surface area contributed by atoms with Crippen molar-refractivity contribution in [2.45, 2.75) is 0 Å². The third-order valence-electron chi connectivity index (χ3n) is 2.94. The standard InChI is InChI=1S/C13H6N2O2/c14-15-11-12(16)8-5-1-3-7-4-2-6-9(10(7)8)13(11)17/h1-6H/p+1. The van der Waals surface area contributed by atoms with Crippen molar-refractivity contribution in [3.05, 3.63) is 58.2 Å². The highest BCUT2D eigenvalue weighted by atomic mass is 16.3. The van der Waals surface area contributed by atoms with Gasteiger partial charge in [0.25, 0.3) is 5.78 Å². The summed E-state index contributed by atoms with van der Waals surface area (Å²) in [6.45, 7) is 0. The molecule has 0 atom stereocenters. The molecule has 80 valence electrons. The quantitative estimate of drug-likeness (QED) is 0.698. The van der Waals surface area contributed by atoms with Gasteiger partial charge in [-0.2, -0.15) is 0 Å². The van der Waals surface area contributed by atoms with Crippen LogP contribution in [0, 0.1) is 5.39 Å². The first kappa shape index (κ1) is 9.55. The van der Waals surface area contributed by atoms with E-state index < -0.39 is 5.78 Å². The number of nitrogens with zero attached hydrogens (tertiary/aromatic N) is 2. The maximum absolute atomic E-state index is 12.0. The molecule has 3 rings (SSSR count). The van der Waals surface area contributed by atoms with Crippen molar-refractivity contribution in [2.24, 2.45) is 0 Å². The van der Waals surface area contributed by atoms with E-state index in [9.17, 15) is 9.90 Å². The highest BCUT2D eigenvalue weighted by molar-refractivity contribution is 6.24. The second kappa shape index (κ2) is 3.16. The van der Waals surface area contributed by atoms with Crippen LogP contribution in [0.25, 0.3) is 21.5 Å². The third-order valence-corrected chi connectivity index (χ3v) is 2.94. The normalized spacial score (nSPS) is 13.9. The molecule has 1 aliphatic rings. The smallest absolute Gasteiger partial charge is 0.473 e. The Hall–Kier alpha value is -2.67. The Labute approximate surface area is 96.4 Å². The predicted octanol–water partition coefficient (Wildman–Crippen LogP) is 3.12. The van der Waals surface area contributed by atoms with Gasteiger partial charge in [0.15, 0.2) is 4.98 Å². The number of ketones is 1. The molecular formula is C13H7N2O2+. The molecule has 0 amide bonds. The van der Waals surface area contributed by atoms with Crippen molar-refractivity contribution in [1.29, 1.82) is 5.39 Å². The van der Waals surface area contributed by atoms with Crippen molar-refractivity contribution in [1.82, 2.24) is 0 Å². The summed E-state index contributed by atoms with van der Waals surface area (Å²) in [7, 11) is 0. The van der Waals surface area contributed by atoms with Gasteiger partial charge in [0, 0.05) is 16.5 Å². The second-order valence-corrected chi connectivity index (χ2v) is 3.84. The first-order chi connectivity index (χ1) is 8.24. The molecule has 0 saturated heterocycles. The van der Waals surface area contributed by atoms with Gasteiger partial charge < -0.3 is 5.11 Å². The zero-order valence-corrected chi connectivity index (χ0v) is 8.71. The average Bonchev–Trinajstić information content (AvgIpc) is 2.36. The molecule has 1 aliphatic carbocycles. The first-order valence-corrected chi connectivity index (χ1v) is 5.09. The lowest BCUT2D eigenvalue weighted by Crippen LogP contribution is -2.10. The van der Waals surface area contributed by atoms with E-state index >= 15 is 0 Å². The summed E-state index contributed by atoms with van der Waals surface area (Å²) in [6, 6.07) is 10.6. The lowest BCUT2D eigenvalue weighted by molar-refractivity contribution is 0.103. The van der Waals surface area contributed by atoms with Crippen LogP contribution < -0.4 is 0 Å². The molecule has 0 heterocycles. The van der Waals surface area contributed by atoms with Crippen molar-refractivity contribution >= 4 is 22.3 Å². The molecule has 1 N–H and O–H groups in total. The van der Waals surface area contributed by atoms with Gasteiger partial charge in [0.2, 0.25) is 11.2 Å². The van der Waals surface area contributed by atoms with E-state index in [4.69, 9.17) is 5.39 Å². The number of rotatable bonds is 0. The summed E-state index contributed by atoms with van der Waals surface area (Å²) >= 11 is 0. The molecule has 2 aromatic carbocycles. The molecule has 0 radical (unpaired) electrons. The number of hydrogen-bond acceptors (Lipinski definition) is 3. The third kappa shape index (κ3) is 1.11. The molecule has 0 unspecified atom stereocenters. The number of carbonyl (C=O) groups is 1. The minimum absolute atomic E-state index is 0.276. The van der Waals surface area contributed by atoms with Crippen molar-refractivity contribution in [3.63, 3.8) is 0 Å². The lowest BCUT2D eigenvalue weighted by Gasteiger charge is -2.11. The van der Waals surface area contributed by atoms with Crippen LogP contribution in [-0.2, 0) is 0 Å². The summed E-state index contributed by atoms with van der Waals surface area (Å²) in [4.78, 5) is 14.8. The Balaban J connectivity index is 2.56. The van der Waals surface area contributed by atoms with Crippen LogP contribution in [-0.4, -0.2) is 10.9 Å². The van der Waals surface area contributed by atoms with Crippen LogP contribution >= 0.6 is 0 Å². The first-order valence-electron chi connectivity index (χ1n) is 5.09.